The third kappa shape index (κ3) is 5.40. The summed E-state index contributed by atoms with van der Waals surface area (Å²) in [6.45, 7) is 2.32. The second-order valence-electron chi connectivity index (χ2n) is 9.22. The Kier molecular flexibility index (Phi) is 8.01. The Morgan fingerprint density at radius 2 is 1.38 bits per heavy atom. The van der Waals surface area contributed by atoms with Crippen molar-refractivity contribution < 1.29 is 23.8 Å². The van der Waals surface area contributed by atoms with Crippen LogP contribution in [0.1, 0.15) is 18.1 Å². The number of ether oxygens (including phenoxy) is 3. The molecule has 194 valence electrons. The van der Waals surface area contributed by atoms with E-state index in [1.807, 2.05) is 73.7 Å². The van der Waals surface area contributed by atoms with Crippen LogP contribution in [0.4, 0.5) is 0 Å². The molecular weight excluding hydrogens is 468 g/mol. The van der Waals surface area contributed by atoms with Gasteiger partial charge in [-0.05, 0) is 47.7 Å². The number of rotatable bonds is 9. The minimum absolute atomic E-state index is 0.0146. The first-order valence-electron chi connectivity index (χ1n) is 12.4. The summed E-state index contributed by atoms with van der Waals surface area (Å²) < 4.78 is 16.4. The highest BCUT2D eigenvalue weighted by Crippen LogP contribution is 2.41. The molecule has 1 aliphatic rings. The summed E-state index contributed by atoms with van der Waals surface area (Å²) in [6.07, 6.45) is 1.16. The molecule has 1 saturated heterocycles. The maximum Gasteiger partial charge on any atom is 0.246 e. The second kappa shape index (κ2) is 11.4. The lowest BCUT2D eigenvalue weighted by Crippen LogP contribution is -2.63. The number of piperazine rings is 1. The molecule has 0 N–H and O–H groups in total. The van der Waals surface area contributed by atoms with Crippen molar-refractivity contribution in [3.63, 3.8) is 0 Å². The smallest absolute Gasteiger partial charge is 0.246 e. The van der Waals surface area contributed by atoms with Crippen molar-refractivity contribution >= 4 is 11.8 Å². The molecule has 0 unspecified atom stereocenters. The Labute approximate surface area is 218 Å². The minimum Gasteiger partial charge on any atom is -0.493 e. The first-order valence-corrected chi connectivity index (χ1v) is 12.4. The molecule has 4 rings (SSSR count). The fourth-order valence-electron chi connectivity index (χ4n) is 4.86. The highest BCUT2D eigenvalue weighted by atomic mass is 16.5. The van der Waals surface area contributed by atoms with E-state index < -0.39 is 12.1 Å². The molecule has 7 nitrogen and oxygen atoms in total. The lowest BCUT2D eigenvalue weighted by atomic mass is 9.96. The fraction of sp³-hybridized carbons (Fsp3) is 0.333. The Morgan fingerprint density at radius 1 is 0.757 bits per heavy atom. The van der Waals surface area contributed by atoms with Gasteiger partial charge in [-0.25, -0.2) is 0 Å². The van der Waals surface area contributed by atoms with Crippen LogP contribution in [0.25, 0.3) is 11.1 Å². The molecule has 0 spiro atoms. The van der Waals surface area contributed by atoms with Crippen molar-refractivity contribution in [2.24, 2.45) is 0 Å². The average molecular weight is 503 g/mol. The zero-order valence-corrected chi connectivity index (χ0v) is 22.1. The van der Waals surface area contributed by atoms with Crippen LogP contribution < -0.4 is 14.2 Å². The highest BCUT2D eigenvalue weighted by Gasteiger charge is 2.41. The molecule has 2 atom stereocenters. The first kappa shape index (κ1) is 26.1. The second-order valence-corrected chi connectivity index (χ2v) is 9.22. The zero-order valence-electron chi connectivity index (χ0n) is 22.1. The van der Waals surface area contributed by atoms with E-state index in [0.29, 0.717) is 36.6 Å². The van der Waals surface area contributed by atoms with Crippen LogP contribution in [-0.4, -0.2) is 68.6 Å². The lowest BCUT2D eigenvalue weighted by Gasteiger charge is -2.42. The summed E-state index contributed by atoms with van der Waals surface area (Å²) in [5.41, 5.74) is 4.02. The topological polar surface area (TPSA) is 68.3 Å². The molecule has 3 aromatic rings. The number of carbonyl (C=O) groups excluding carboxylic acids is 2. The van der Waals surface area contributed by atoms with E-state index in [0.717, 1.165) is 22.3 Å². The molecule has 0 aromatic heterocycles. The Morgan fingerprint density at radius 3 is 1.95 bits per heavy atom. The number of hydrogen-bond acceptors (Lipinski definition) is 5. The molecule has 0 saturated carbocycles. The number of likely N-dealkylation sites (N-methyl/N-ethyl adjacent to an activating group) is 1. The molecule has 37 heavy (non-hydrogen) atoms. The summed E-state index contributed by atoms with van der Waals surface area (Å²) in [7, 11) is 6.48. The molecule has 0 radical (unpaired) electrons. The molecule has 2 amide bonds. The van der Waals surface area contributed by atoms with Gasteiger partial charge in [-0.1, -0.05) is 54.6 Å². The van der Waals surface area contributed by atoms with Gasteiger partial charge in [-0.2, -0.15) is 0 Å². The number of nitrogens with zero attached hydrogens (tertiary/aromatic N) is 2. The van der Waals surface area contributed by atoms with Gasteiger partial charge < -0.3 is 24.0 Å². The van der Waals surface area contributed by atoms with Crippen LogP contribution in [0.5, 0.6) is 17.2 Å². The van der Waals surface area contributed by atoms with E-state index >= 15 is 0 Å². The maximum absolute atomic E-state index is 13.5. The molecule has 0 aliphatic carbocycles. The van der Waals surface area contributed by atoms with E-state index in [9.17, 15) is 9.59 Å². The SMILES string of the molecule is COc1cc(-c2ccc(C[C@H]3C(=O)N(CCc4ccccc4)[C@@H](C)C(=O)N3C)cc2)cc(OC)c1OC. The van der Waals surface area contributed by atoms with Crippen molar-refractivity contribution in [1.82, 2.24) is 9.80 Å². The van der Waals surface area contributed by atoms with Gasteiger partial charge in [0, 0.05) is 20.0 Å². The average Bonchev–Trinajstić information content (AvgIpc) is 2.94. The fourth-order valence-corrected chi connectivity index (χ4v) is 4.86. The normalized spacial score (nSPS) is 17.6. The predicted octanol–water partition coefficient (Wildman–Crippen LogP) is 4.22. The predicted molar refractivity (Wildman–Crippen MR) is 143 cm³/mol. The van der Waals surface area contributed by atoms with Gasteiger partial charge in [-0.3, -0.25) is 9.59 Å². The number of carbonyl (C=O) groups is 2. The van der Waals surface area contributed by atoms with E-state index in [2.05, 4.69) is 0 Å². The van der Waals surface area contributed by atoms with Crippen LogP contribution in [0.15, 0.2) is 66.7 Å². The number of amides is 2. The third-order valence-electron chi connectivity index (χ3n) is 7.07. The van der Waals surface area contributed by atoms with E-state index in [1.165, 1.54) is 0 Å². The lowest BCUT2D eigenvalue weighted by molar-refractivity contribution is -0.159. The van der Waals surface area contributed by atoms with Gasteiger partial charge in [0.1, 0.15) is 12.1 Å². The third-order valence-corrected chi connectivity index (χ3v) is 7.07. The summed E-state index contributed by atoms with van der Waals surface area (Å²) in [6, 6.07) is 20.8. The minimum atomic E-state index is -0.536. The van der Waals surface area contributed by atoms with Crippen molar-refractivity contribution in [2.45, 2.75) is 31.8 Å². The molecule has 1 heterocycles. The van der Waals surface area contributed by atoms with Gasteiger partial charge in [0.15, 0.2) is 11.5 Å². The summed E-state index contributed by atoms with van der Waals surface area (Å²) in [4.78, 5) is 29.8. The van der Waals surface area contributed by atoms with Crippen LogP contribution in [0.3, 0.4) is 0 Å². The van der Waals surface area contributed by atoms with Crippen molar-refractivity contribution in [3.05, 3.63) is 77.9 Å². The van der Waals surface area contributed by atoms with Gasteiger partial charge in [-0.15, -0.1) is 0 Å². The number of methoxy groups -OCH3 is 3. The monoisotopic (exact) mass is 502 g/mol. The summed E-state index contributed by atoms with van der Waals surface area (Å²) in [5.74, 6) is 1.66. The Bertz CT molecular complexity index is 1220. The van der Waals surface area contributed by atoms with E-state index in [1.54, 1.807) is 38.2 Å². The van der Waals surface area contributed by atoms with Gasteiger partial charge >= 0.3 is 0 Å². The van der Waals surface area contributed by atoms with Gasteiger partial charge in [0.2, 0.25) is 17.6 Å². The van der Waals surface area contributed by atoms with E-state index in [-0.39, 0.29) is 11.8 Å². The number of hydrogen-bond donors (Lipinski definition) is 0. The van der Waals surface area contributed by atoms with Crippen molar-refractivity contribution in [3.8, 4) is 28.4 Å². The molecule has 1 fully saturated rings. The standard InChI is InChI=1S/C30H34N2O5/c1-20-29(33)31(2)25(30(34)32(20)16-15-21-9-7-6-8-10-21)17-22-11-13-23(14-12-22)24-18-26(35-3)28(37-5)27(19-24)36-4/h6-14,18-20,25H,15-17H2,1-5H3/t20-,25-/m0/s1. The Hall–Kier alpha value is -4.00. The molecule has 3 aromatic carbocycles. The van der Waals surface area contributed by atoms with Crippen molar-refractivity contribution in [2.75, 3.05) is 34.9 Å². The largest absolute Gasteiger partial charge is 0.493 e. The van der Waals surface area contributed by atoms with Crippen LogP contribution >= 0.6 is 0 Å². The number of benzene rings is 3. The van der Waals surface area contributed by atoms with Crippen LogP contribution in [-0.2, 0) is 22.4 Å². The highest BCUT2D eigenvalue weighted by molar-refractivity contribution is 5.96. The zero-order chi connectivity index (χ0) is 26.5. The van der Waals surface area contributed by atoms with Crippen molar-refractivity contribution in [1.29, 1.82) is 0 Å². The van der Waals surface area contributed by atoms with Gasteiger partial charge in [0.25, 0.3) is 0 Å². The molecule has 1 aliphatic heterocycles. The van der Waals surface area contributed by atoms with Crippen LogP contribution in [0, 0.1) is 0 Å². The molecular formula is C30H34N2O5. The molecule has 0 bridgehead atoms. The summed E-state index contributed by atoms with van der Waals surface area (Å²) >= 11 is 0. The van der Waals surface area contributed by atoms with E-state index in [4.69, 9.17) is 14.2 Å². The van der Waals surface area contributed by atoms with Crippen LogP contribution in [0.2, 0.25) is 0 Å². The Balaban J connectivity index is 1.52. The quantitative estimate of drug-likeness (QED) is 0.438. The van der Waals surface area contributed by atoms with Gasteiger partial charge in [0.05, 0.1) is 21.3 Å². The summed E-state index contributed by atoms with van der Waals surface area (Å²) in [5, 5.41) is 0. The molecule has 7 heteroatoms. The first-order chi connectivity index (χ1) is 17.9. The maximum atomic E-state index is 13.5.